The number of nitrogens with one attached hydrogen (secondary N) is 1. The van der Waals surface area contributed by atoms with Crippen molar-refractivity contribution in [3.05, 3.63) is 155 Å². The SMILES string of the molecule is COc1ccc(S(=O)(=O)N(Cc2ccccc2)c2ccccc2C(=O)NN=Cc2ccc(OCc3ccccc3Cl)cc2)cc1. The summed E-state index contributed by atoms with van der Waals surface area (Å²) in [5.41, 5.74) is 5.24. The first-order valence-corrected chi connectivity index (χ1v) is 15.8. The predicted molar refractivity (Wildman–Crippen MR) is 177 cm³/mol. The summed E-state index contributed by atoms with van der Waals surface area (Å²) in [5.74, 6) is 0.617. The second-order valence-corrected chi connectivity index (χ2v) is 12.1. The number of carbonyl (C=O) groups is 1. The van der Waals surface area contributed by atoms with Crippen LogP contribution in [0.1, 0.15) is 27.0 Å². The molecular weight excluding hydrogens is 610 g/mol. The Morgan fingerprint density at radius 2 is 1.47 bits per heavy atom. The van der Waals surface area contributed by atoms with Crippen molar-refractivity contribution in [1.82, 2.24) is 5.43 Å². The highest BCUT2D eigenvalue weighted by Gasteiger charge is 2.28. The predicted octanol–water partition coefficient (Wildman–Crippen LogP) is 7.09. The molecular formula is C35H30ClN3O5S. The summed E-state index contributed by atoms with van der Waals surface area (Å²) < 4.78 is 40.2. The number of benzene rings is 5. The molecule has 0 aliphatic heterocycles. The molecule has 5 rings (SSSR count). The normalized spacial score (nSPS) is 11.2. The lowest BCUT2D eigenvalue weighted by atomic mass is 10.1. The van der Waals surface area contributed by atoms with E-state index >= 15 is 0 Å². The number of ether oxygens (including phenoxy) is 2. The van der Waals surface area contributed by atoms with Crippen LogP contribution in [-0.4, -0.2) is 27.6 Å². The molecule has 0 aromatic heterocycles. The van der Waals surface area contributed by atoms with Gasteiger partial charge in [-0.1, -0.05) is 72.3 Å². The van der Waals surface area contributed by atoms with Gasteiger partial charge in [-0.3, -0.25) is 9.10 Å². The zero-order valence-corrected chi connectivity index (χ0v) is 25.9. The number of hydrazone groups is 1. The Balaban J connectivity index is 1.34. The molecule has 5 aromatic rings. The minimum atomic E-state index is -4.09. The van der Waals surface area contributed by atoms with Gasteiger partial charge in [-0.2, -0.15) is 5.10 Å². The second-order valence-electron chi connectivity index (χ2n) is 9.84. The molecule has 0 spiro atoms. The highest BCUT2D eigenvalue weighted by atomic mass is 35.5. The number of halogens is 1. The maximum Gasteiger partial charge on any atom is 0.273 e. The van der Waals surface area contributed by atoms with Crippen LogP contribution < -0.4 is 19.2 Å². The first-order valence-electron chi connectivity index (χ1n) is 13.9. The Kier molecular flexibility index (Phi) is 10.1. The molecule has 0 heterocycles. The van der Waals surface area contributed by atoms with E-state index < -0.39 is 15.9 Å². The van der Waals surface area contributed by atoms with Gasteiger partial charge in [0.05, 0.1) is 36.0 Å². The molecule has 0 aliphatic carbocycles. The summed E-state index contributed by atoms with van der Waals surface area (Å²) in [6.45, 7) is 0.339. The van der Waals surface area contributed by atoms with Gasteiger partial charge in [0, 0.05) is 10.6 Å². The molecule has 0 radical (unpaired) electrons. The van der Waals surface area contributed by atoms with Gasteiger partial charge in [0.25, 0.3) is 15.9 Å². The first kappa shape index (κ1) is 31.3. The fraction of sp³-hybridized carbons (Fsp3) is 0.0857. The summed E-state index contributed by atoms with van der Waals surface area (Å²) >= 11 is 6.20. The minimum Gasteiger partial charge on any atom is -0.497 e. The van der Waals surface area contributed by atoms with Gasteiger partial charge in [0.2, 0.25) is 0 Å². The number of nitrogens with zero attached hydrogens (tertiary/aromatic N) is 2. The van der Waals surface area contributed by atoms with Crippen LogP contribution in [0.2, 0.25) is 5.02 Å². The summed E-state index contributed by atoms with van der Waals surface area (Å²) in [6, 6.07) is 36.5. The summed E-state index contributed by atoms with van der Waals surface area (Å²) in [4.78, 5) is 13.4. The topological polar surface area (TPSA) is 97.3 Å². The number of rotatable bonds is 12. The maximum absolute atomic E-state index is 14.0. The van der Waals surface area contributed by atoms with Crippen molar-refractivity contribution in [1.29, 1.82) is 0 Å². The van der Waals surface area contributed by atoms with Gasteiger partial charge in [-0.05, 0) is 77.9 Å². The monoisotopic (exact) mass is 639 g/mol. The number of hydrogen-bond acceptors (Lipinski definition) is 6. The standard InChI is InChI=1S/C35H30ClN3O5S/c1-43-29-19-21-31(22-20-29)45(41,42)39(24-27-9-3-2-4-10-27)34-14-8-6-12-32(34)35(40)38-37-23-26-15-17-30(18-16-26)44-25-28-11-5-7-13-33(28)36/h2-23H,24-25H2,1H3,(H,38,40). The summed E-state index contributed by atoms with van der Waals surface area (Å²) in [6.07, 6.45) is 1.49. The van der Waals surface area contributed by atoms with E-state index in [0.717, 1.165) is 16.7 Å². The van der Waals surface area contributed by atoms with Crippen LogP contribution in [0.15, 0.2) is 137 Å². The van der Waals surface area contributed by atoms with E-state index in [0.29, 0.717) is 23.1 Å². The van der Waals surface area contributed by atoms with Crippen molar-refractivity contribution in [3.8, 4) is 11.5 Å². The average molecular weight is 640 g/mol. The molecule has 8 nitrogen and oxygen atoms in total. The Bertz CT molecular complexity index is 1880. The van der Waals surface area contributed by atoms with Crippen molar-refractivity contribution >= 4 is 39.4 Å². The third-order valence-electron chi connectivity index (χ3n) is 6.85. The van der Waals surface area contributed by atoms with Crippen LogP contribution in [0.4, 0.5) is 5.69 Å². The van der Waals surface area contributed by atoms with E-state index in [1.54, 1.807) is 60.7 Å². The number of amides is 1. The molecule has 0 unspecified atom stereocenters. The van der Waals surface area contributed by atoms with Gasteiger partial charge in [0.1, 0.15) is 18.1 Å². The molecule has 0 saturated carbocycles. The van der Waals surface area contributed by atoms with Crippen LogP contribution in [0.25, 0.3) is 0 Å². The van der Waals surface area contributed by atoms with Crippen molar-refractivity contribution in [2.45, 2.75) is 18.0 Å². The largest absolute Gasteiger partial charge is 0.497 e. The molecule has 0 bridgehead atoms. The van der Waals surface area contributed by atoms with Gasteiger partial charge in [0.15, 0.2) is 0 Å². The quantitative estimate of drug-likeness (QED) is 0.116. The maximum atomic E-state index is 14.0. The van der Waals surface area contributed by atoms with Crippen LogP contribution in [0.3, 0.4) is 0 Å². The number of anilines is 1. The Labute approximate surface area is 267 Å². The van der Waals surface area contributed by atoms with E-state index in [2.05, 4.69) is 10.5 Å². The summed E-state index contributed by atoms with van der Waals surface area (Å²) in [7, 11) is -2.58. The lowest BCUT2D eigenvalue weighted by Crippen LogP contribution is -2.33. The fourth-order valence-corrected chi connectivity index (χ4v) is 6.12. The molecule has 1 amide bonds. The highest BCUT2D eigenvalue weighted by Crippen LogP contribution is 2.30. The van der Waals surface area contributed by atoms with Gasteiger partial charge >= 0.3 is 0 Å². The van der Waals surface area contributed by atoms with E-state index in [-0.39, 0.29) is 22.7 Å². The van der Waals surface area contributed by atoms with Crippen molar-refractivity contribution in [3.63, 3.8) is 0 Å². The zero-order chi connectivity index (χ0) is 31.6. The smallest absolute Gasteiger partial charge is 0.273 e. The molecule has 0 atom stereocenters. The molecule has 0 aliphatic rings. The molecule has 0 saturated heterocycles. The number of sulfonamides is 1. The zero-order valence-electron chi connectivity index (χ0n) is 24.3. The molecule has 5 aromatic carbocycles. The van der Waals surface area contributed by atoms with Crippen molar-refractivity contribution in [2.75, 3.05) is 11.4 Å². The molecule has 1 N–H and O–H groups in total. The second kappa shape index (κ2) is 14.6. The van der Waals surface area contributed by atoms with Crippen LogP contribution in [0.5, 0.6) is 11.5 Å². The molecule has 0 fully saturated rings. The lowest BCUT2D eigenvalue weighted by molar-refractivity contribution is 0.0955. The third kappa shape index (κ3) is 7.89. The number of hydrogen-bond donors (Lipinski definition) is 1. The summed E-state index contributed by atoms with van der Waals surface area (Å²) in [5, 5.41) is 4.75. The third-order valence-corrected chi connectivity index (χ3v) is 8.99. The highest BCUT2D eigenvalue weighted by molar-refractivity contribution is 7.92. The number of methoxy groups -OCH3 is 1. The number of carbonyl (C=O) groups excluding carboxylic acids is 1. The fourth-order valence-electron chi connectivity index (χ4n) is 4.46. The number of para-hydroxylation sites is 1. The van der Waals surface area contributed by atoms with Crippen LogP contribution in [-0.2, 0) is 23.2 Å². The Morgan fingerprint density at radius 1 is 0.822 bits per heavy atom. The minimum absolute atomic E-state index is 0.00760. The average Bonchev–Trinajstić information content (AvgIpc) is 3.08. The molecule has 228 valence electrons. The van der Waals surface area contributed by atoms with E-state index in [4.69, 9.17) is 21.1 Å². The van der Waals surface area contributed by atoms with Crippen molar-refractivity contribution in [2.24, 2.45) is 5.10 Å². The lowest BCUT2D eigenvalue weighted by Gasteiger charge is -2.26. The van der Waals surface area contributed by atoms with Gasteiger partial charge < -0.3 is 9.47 Å². The van der Waals surface area contributed by atoms with Gasteiger partial charge in [-0.15, -0.1) is 0 Å². The van der Waals surface area contributed by atoms with Crippen LogP contribution in [0, 0.1) is 0 Å². The first-order chi connectivity index (χ1) is 21.8. The Morgan fingerprint density at radius 3 is 2.18 bits per heavy atom. The Hall–Kier alpha value is -5.12. The van der Waals surface area contributed by atoms with Crippen LogP contribution >= 0.6 is 11.6 Å². The van der Waals surface area contributed by atoms with Gasteiger partial charge in [-0.25, -0.2) is 13.8 Å². The van der Waals surface area contributed by atoms with Crippen molar-refractivity contribution < 1.29 is 22.7 Å². The van der Waals surface area contributed by atoms with E-state index in [1.807, 2.05) is 54.6 Å². The molecule has 10 heteroatoms. The van der Waals surface area contributed by atoms with E-state index in [1.165, 1.54) is 29.8 Å². The van der Waals surface area contributed by atoms with E-state index in [9.17, 15) is 13.2 Å². The molecule has 45 heavy (non-hydrogen) atoms.